The Morgan fingerprint density at radius 1 is 1.35 bits per heavy atom. The second-order valence-electron chi connectivity index (χ2n) is 6.18. The molecule has 20 heavy (non-hydrogen) atoms. The van der Waals surface area contributed by atoms with Crippen LogP contribution >= 0.6 is 0 Å². The van der Waals surface area contributed by atoms with Gasteiger partial charge in [-0.2, -0.15) is 0 Å². The zero-order chi connectivity index (χ0) is 13.9. The lowest BCUT2D eigenvalue weighted by Gasteiger charge is -2.46. The third kappa shape index (κ3) is 2.91. The lowest BCUT2D eigenvalue weighted by atomic mass is 9.77. The topological polar surface area (TPSA) is 38.8 Å². The quantitative estimate of drug-likeness (QED) is 0.744. The van der Waals surface area contributed by atoms with Crippen LogP contribution in [0.25, 0.3) is 0 Å². The number of carbonyl (C=O) groups is 1. The van der Waals surface area contributed by atoms with Crippen molar-refractivity contribution in [1.82, 2.24) is 4.90 Å². The fourth-order valence-corrected chi connectivity index (χ4v) is 3.91. The number of fused-ring (bicyclic) bond motifs is 1. The zero-order valence-electron chi connectivity index (χ0n) is 12.3. The Hall–Kier alpha value is -0.870. The molecule has 4 heteroatoms. The highest BCUT2D eigenvalue weighted by molar-refractivity contribution is 5.77. The molecule has 0 bridgehead atoms. The Bertz CT molecular complexity index is 376. The van der Waals surface area contributed by atoms with E-state index in [4.69, 9.17) is 9.47 Å². The number of ether oxygens (including phenoxy) is 2. The van der Waals surface area contributed by atoms with Gasteiger partial charge in [0.05, 0.1) is 13.2 Å². The second kappa shape index (κ2) is 6.27. The molecule has 3 aliphatic heterocycles. The molecule has 3 saturated heterocycles. The van der Waals surface area contributed by atoms with Gasteiger partial charge in [-0.25, -0.2) is 0 Å². The van der Waals surface area contributed by atoms with Crippen molar-refractivity contribution in [1.29, 1.82) is 0 Å². The van der Waals surface area contributed by atoms with E-state index < -0.39 is 0 Å². The summed E-state index contributed by atoms with van der Waals surface area (Å²) in [6, 6.07) is 0.458. The molecule has 3 aliphatic rings. The molecule has 112 valence electrons. The Balaban J connectivity index is 1.69. The fourth-order valence-electron chi connectivity index (χ4n) is 3.91. The lowest BCUT2D eigenvalue weighted by molar-refractivity contribution is -0.142. The van der Waals surface area contributed by atoms with Crippen molar-refractivity contribution in [3.8, 4) is 0 Å². The highest BCUT2D eigenvalue weighted by Crippen LogP contribution is 2.37. The SMILES string of the molecule is C/C=C\[C@H]1C[C@H]2CCCC(=O)N2C[C@@H]1CC1OCCO1. The Labute approximate surface area is 121 Å². The smallest absolute Gasteiger partial charge is 0.222 e. The van der Waals surface area contributed by atoms with Crippen molar-refractivity contribution >= 4 is 5.91 Å². The summed E-state index contributed by atoms with van der Waals surface area (Å²) in [6.45, 7) is 4.37. The summed E-state index contributed by atoms with van der Waals surface area (Å²) in [5.41, 5.74) is 0. The largest absolute Gasteiger partial charge is 0.350 e. The van der Waals surface area contributed by atoms with Crippen molar-refractivity contribution in [2.75, 3.05) is 19.8 Å². The molecular weight excluding hydrogens is 254 g/mol. The minimum atomic E-state index is -0.0656. The van der Waals surface area contributed by atoms with Gasteiger partial charge in [0, 0.05) is 25.4 Å². The number of nitrogens with zero attached hydrogens (tertiary/aromatic N) is 1. The van der Waals surface area contributed by atoms with Gasteiger partial charge < -0.3 is 14.4 Å². The summed E-state index contributed by atoms with van der Waals surface area (Å²) in [7, 11) is 0. The van der Waals surface area contributed by atoms with E-state index in [0.717, 1.165) is 32.2 Å². The predicted molar refractivity (Wildman–Crippen MR) is 76.1 cm³/mol. The fraction of sp³-hybridized carbons (Fsp3) is 0.812. The van der Waals surface area contributed by atoms with Crippen LogP contribution in [0.15, 0.2) is 12.2 Å². The molecule has 0 aliphatic carbocycles. The number of carbonyl (C=O) groups excluding carboxylic acids is 1. The zero-order valence-corrected chi connectivity index (χ0v) is 12.3. The third-order valence-corrected chi connectivity index (χ3v) is 4.90. The second-order valence-corrected chi connectivity index (χ2v) is 6.18. The molecule has 3 rings (SSSR count). The Morgan fingerprint density at radius 3 is 2.90 bits per heavy atom. The molecule has 4 nitrogen and oxygen atoms in total. The van der Waals surface area contributed by atoms with Crippen LogP contribution in [-0.4, -0.2) is 42.9 Å². The molecule has 3 heterocycles. The molecule has 3 atom stereocenters. The number of allylic oxidation sites excluding steroid dienone is 2. The van der Waals surface area contributed by atoms with E-state index in [2.05, 4.69) is 24.0 Å². The lowest BCUT2D eigenvalue weighted by Crippen LogP contribution is -2.52. The van der Waals surface area contributed by atoms with Crippen LogP contribution in [0.3, 0.4) is 0 Å². The number of hydrogen-bond acceptors (Lipinski definition) is 3. The van der Waals surface area contributed by atoms with Crippen LogP contribution in [0.5, 0.6) is 0 Å². The van der Waals surface area contributed by atoms with Crippen molar-refractivity contribution in [3.05, 3.63) is 12.2 Å². The maximum atomic E-state index is 12.1. The van der Waals surface area contributed by atoms with Gasteiger partial charge in [0.25, 0.3) is 0 Å². The summed E-state index contributed by atoms with van der Waals surface area (Å²) in [5.74, 6) is 1.37. The van der Waals surface area contributed by atoms with E-state index >= 15 is 0 Å². The van der Waals surface area contributed by atoms with Crippen LogP contribution in [0.1, 0.15) is 39.0 Å². The van der Waals surface area contributed by atoms with E-state index in [1.54, 1.807) is 0 Å². The van der Waals surface area contributed by atoms with Crippen molar-refractivity contribution in [2.45, 2.75) is 51.4 Å². The molecule has 0 spiro atoms. The summed E-state index contributed by atoms with van der Waals surface area (Å²) in [5, 5.41) is 0. The van der Waals surface area contributed by atoms with E-state index in [1.807, 2.05) is 0 Å². The third-order valence-electron chi connectivity index (χ3n) is 4.90. The summed E-state index contributed by atoms with van der Waals surface area (Å²) >= 11 is 0. The molecule has 0 unspecified atom stereocenters. The van der Waals surface area contributed by atoms with E-state index in [-0.39, 0.29) is 6.29 Å². The van der Waals surface area contributed by atoms with Crippen LogP contribution in [0.2, 0.25) is 0 Å². The van der Waals surface area contributed by atoms with Crippen LogP contribution in [-0.2, 0) is 14.3 Å². The number of hydrogen-bond donors (Lipinski definition) is 0. The summed E-state index contributed by atoms with van der Waals surface area (Å²) < 4.78 is 11.2. The number of piperidine rings is 2. The average Bonchev–Trinajstić information content (AvgIpc) is 2.94. The highest BCUT2D eigenvalue weighted by atomic mass is 16.7. The number of amides is 1. The van der Waals surface area contributed by atoms with E-state index in [9.17, 15) is 4.79 Å². The molecule has 0 saturated carbocycles. The molecule has 0 aromatic rings. The first kappa shape index (κ1) is 14.1. The van der Waals surface area contributed by atoms with Crippen LogP contribution in [0, 0.1) is 11.8 Å². The van der Waals surface area contributed by atoms with Crippen LogP contribution in [0.4, 0.5) is 0 Å². The monoisotopic (exact) mass is 279 g/mol. The van der Waals surface area contributed by atoms with Gasteiger partial charge in [0.2, 0.25) is 5.91 Å². The summed E-state index contributed by atoms with van der Waals surface area (Å²) in [4.78, 5) is 14.2. The molecule has 1 amide bonds. The standard InChI is InChI=1S/C16H25NO3/c1-2-4-12-9-14-5-3-6-15(18)17(14)11-13(12)10-16-19-7-8-20-16/h2,4,12-14,16H,3,5-11H2,1H3/b4-2-/t12-,13-,14+/m0/s1. The Morgan fingerprint density at radius 2 is 2.15 bits per heavy atom. The number of rotatable bonds is 3. The summed E-state index contributed by atoms with van der Waals surface area (Å²) in [6.07, 6.45) is 9.37. The molecule has 0 aromatic heterocycles. The predicted octanol–water partition coefficient (Wildman–Crippen LogP) is 2.34. The average molecular weight is 279 g/mol. The minimum Gasteiger partial charge on any atom is -0.350 e. The first-order valence-corrected chi connectivity index (χ1v) is 7.93. The van der Waals surface area contributed by atoms with Gasteiger partial charge in [-0.05, 0) is 38.0 Å². The van der Waals surface area contributed by atoms with Gasteiger partial charge in [-0.3, -0.25) is 4.79 Å². The highest BCUT2D eigenvalue weighted by Gasteiger charge is 2.39. The van der Waals surface area contributed by atoms with Crippen LogP contribution < -0.4 is 0 Å². The molecule has 3 fully saturated rings. The van der Waals surface area contributed by atoms with Gasteiger partial charge in [0.1, 0.15) is 0 Å². The van der Waals surface area contributed by atoms with Crippen molar-refractivity contribution in [2.24, 2.45) is 11.8 Å². The normalized spacial score (nSPS) is 35.8. The van der Waals surface area contributed by atoms with Gasteiger partial charge >= 0.3 is 0 Å². The van der Waals surface area contributed by atoms with Crippen molar-refractivity contribution < 1.29 is 14.3 Å². The van der Waals surface area contributed by atoms with Gasteiger partial charge in [-0.15, -0.1) is 0 Å². The van der Waals surface area contributed by atoms with Crippen molar-refractivity contribution in [3.63, 3.8) is 0 Å². The molecular formula is C16H25NO3. The molecule has 0 aromatic carbocycles. The maximum absolute atomic E-state index is 12.1. The van der Waals surface area contributed by atoms with Gasteiger partial charge in [-0.1, -0.05) is 12.2 Å². The van der Waals surface area contributed by atoms with E-state index in [0.29, 0.717) is 37.0 Å². The molecule has 0 N–H and O–H groups in total. The maximum Gasteiger partial charge on any atom is 0.222 e. The van der Waals surface area contributed by atoms with Gasteiger partial charge in [0.15, 0.2) is 6.29 Å². The molecule has 0 radical (unpaired) electrons. The first-order valence-electron chi connectivity index (χ1n) is 7.93. The Kier molecular flexibility index (Phi) is 4.41. The minimum absolute atomic E-state index is 0.0656. The first-order chi connectivity index (χ1) is 9.78. The van der Waals surface area contributed by atoms with E-state index in [1.165, 1.54) is 6.42 Å².